The molecule has 1 heterocycles. The zero-order valence-corrected chi connectivity index (χ0v) is 11.9. The van der Waals surface area contributed by atoms with Crippen molar-refractivity contribution in [3.8, 4) is 0 Å². The molecule has 2 N–H and O–H groups in total. The van der Waals surface area contributed by atoms with Crippen molar-refractivity contribution in [2.45, 2.75) is 51.7 Å². The van der Waals surface area contributed by atoms with Gasteiger partial charge in [-0.1, -0.05) is 6.07 Å². The molecular weight excluding hydrogens is 228 g/mol. The summed E-state index contributed by atoms with van der Waals surface area (Å²) >= 11 is 1.83. The summed E-state index contributed by atoms with van der Waals surface area (Å²) in [5, 5.41) is 2.15. The van der Waals surface area contributed by atoms with Crippen molar-refractivity contribution in [1.82, 2.24) is 4.90 Å². The SMILES string of the molecule is CC(N)C(c1cccs1)N(CC1CC1)C(C)C. The second-order valence-electron chi connectivity index (χ2n) is 5.55. The average Bonchev–Trinajstić information content (AvgIpc) is 2.90. The molecular formula is C14H24N2S. The third kappa shape index (κ3) is 3.30. The number of hydrogen-bond donors (Lipinski definition) is 1. The molecule has 0 radical (unpaired) electrons. The normalized spacial score (nSPS) is 19.9. The van der Waals surface area contributed by atoms with Gasteiger partial charge in [-0.15, -0.1) is 11.3 Å². The molecule has 1 aromatic heterocycles. The molecule has 0 amide bonds. The smallest absolute Gasteiger partial charge is 0.0593 e. The van der Waals surface area contributed by atoms with Crippen LogP contribution >= 0.6 is 11.3 Å². The van der Waals surface area contributed by atoms with E-state index in [2.05, 4.69) is 43.2 Å². The van der Waals surface area contributed by atoms with Gasteiger partial charge in [0, 0.05) is 23.5 Å². The Morgan fingerprint density at radius 1 is 1.41 bits per heavy atom. The van der Waals surface area contributed by atoms with Crippen LogP contribution in [0.25, 0.3) is 0 Å². The van der Waals surface area contributed by atoms with Crippen molar-refractivity contribution in [3.63, 3.8) is 0 Å². The fourth-order valence-electron chi connectivity index (χ4n) is 2.43. The second kappa shape index (κ2) is 5.51. The van der Waals surface area contributed by atoms with Gasteiger partial charge in [0.2, 0.25) is 0 Å². The molecule has 2 nitrogen and oxygen atoms in total. The minimum Gasteiger partial charge on any atom is -0.326 e. The third-order valence-electron chi connectivity index (χ3n) is 3.52. The van der Waals surface area contributed by atoms with E-state index in [4.69, 9.17) is 5.73 Å². The summed E-state index contributed by atoms with van der Waals surface area (Å²) < 4.78 is 0. The van der Waals surface area contributed by atoms with E-state index in [-0.39, 0.29) is 6.04 Å². The Morgan fingerprint density at radius 3 is 2.53 bits per heavy atom. The molecule has 0 aliphatic heterocycles. The van der Waals surface area contributed by atoms with E-state index in [0.717, 1.165) is 5.92 Å². The quantitative estimate of drug-likeness (QED) is 0.842. The predicted octanol–water partition coefficient (Wildman–Crippen LogP) is 3.26. The van der Waals surface area contributed by atoms with E-state index in [9.17, 15) is 0 Å². The number of nitrogens with zero attached hydrogens (tertiary/aromatic N) is 1. The highest BCUT2D eigenvalue weighted by atomic mass is 32.1. The Labute approximate surface area is 109 Å². The van der Waals surface area contributed by atoms with Crippen LogP contribution < -0.4 is 5.73 Å². The second-order valence-corrected chi connectivity index (χ2v) is 6.53. The average molecular weight is 252 g/mol. The van der Waals surface area contributed by atoms with Crippen LogP contribution in [0.5, 0.6) is 0 Å². The van der Waals surface area contributed by atoms with E-state index >= 15 is 0 Å². The van der Waals surface area contributed by atoms with Crippen molar-refractivity contribution in [2.24, 2.45) is 11.7 Å². The summed E-state index contributed by atoms with van der Waals surface area (Å²) in [7, 11) is 0. The highest BCUT2D eigenvalue weighted by molar-refractivity contribution is 7.10. The maximum Gasteiger partial charge on any atom is 0.0593 e. The molecule has 3 heteroatoms. The first-order valence-corrected chi connectivity index (χ1v) is 7.52. The van der Waals surface area contributed by atoms with Crippen LogP contribution in [0.15, 0.2) is 17.5 Å². The predicted molar refractivity (Wildman–Crippen MR) is 75.3 cm³/mol. The van der Waals surface area contributed by atoms with Crippen LogP contribution in [-0.4, -0.2) is 23.5 Å². The molecule has 17 heavy (non-hydrogen) atoms. The Hall–Kier alpha value is -0.380. The van der Waals surface area contributed by atoms with Crippen molar-refractivity contribution in [1.29, 1.82) is 0 Å². The van der Waals surface area contributed by atoms with E-state index in [1.54, 1.807) is 0 Å². The lowest BCUT2D eigenvalue weighted by Gasteiger charge is -2.37. The van der Waals surface area contributed by atoms with E-state index in [1.807, 2.05) is 11.3 Å². The van der Waals surface area contributed by atoms with E-state index in [1.165, 1.54) is 24.3 Å². The molecule has 1 aliphatic carbocycles. The largest absolute Gasteiger partial charge is 0.326 e. The monoisotopic (exact) mass is 252 g/mol. The third-order valence-corrected chi connectivity index (χ3v) is 4.46. The molecule has 96 valence electrons. The van der Waals surface area contributed by atoms with Gasteiger partial charge in [0.25, 0.3) is 0 Å². The fourth-order valence-corrected chi connectivity index (χ4v) is 3.39. The molecule has 0 aromatic carbocycles. The lowest BCUT2D eigenvalue weighted by molar-refractivity contribution is 0.131. The first kappa shape index (κ1) is 13.1. The lowest BCUT2D eigenvalue weighted by Crippen LogP contribution is -2.43. The van der Waals surface area contributed by atoms with Gasteiger partial charge in [-0.3, -0.25) is 4.90 Å². The van der Waals surface area contributed by atoms with Crippen LogP contribution in [0.2, 0.25) is 0 Å². The molecule has 0 spiro atoms. The molecule has 2 rings (SSSR count). The first-order chi connectivity index (χ1) is 8.09. The van der Waals surface area contributed by atoms with Gasteiger partial charge in [-0.2, -0.15) is 0 Å². The maximum absolute atomic E-state index is 6.23. The highest BCUT2D eigenvalue weighted by Gasteiger charge is 2.32. The van der Waals surface area contributed by atoms with Crippen LogP contribution in [0.4, 0.5) is 0 Å². The molecule has 2 atom stereocenters. The summed E-state index contributed by atoms with van der Waals surface area (Å²) in [6.07, 6.45) is 2.80. The number of hydrogen-bond acceptors (Lipinski definition) is 3. The van der Waals surface area contributed by atoms with Crippen LogP contribution in [-0.2, 0) is 0 Å². The van der Waals surface area contributed by atoms with Gasteiger partial charge in [0.05, 0.1) is 6.04 Å². The summed E-state index contributed by atoms with van der Waals surface area (Å²) in [4.78, 5) is 4.00. The Morgan fingerprint density at radius 2 is 2.12 bits per heavy atom. The number of rotatable bonds is 6. The molecule has 1 aromatic rings. The minimum absolute atomic E-state index is 0.190. The lowest BCUT2D eigenvalue weighted by atomic mass is 10.0. The first-order valence-electron chi connectivity index (χ1n) is 6.64. The molecule has 0 saturated heterocycles. The minimum atomic E-state index is 0.190. The zero-order chi connectivity index (χ0) is 12.4. The Balaban J connectivity index is 2.16. The topological polar surface area (TPSA) is 29.3 Å². The summed E-state index contributed by atoms with van der Waals surface area (Å²) in [6.45, 7) is 7.91. The van der Waals surface area contributed by atoms with Gasteiger partial charge in [0.1, 0.15) is 0 Å². The standard InChI is InChI=1S/C14H24N2S/c1-10(2)16(9-12-6-7-12)14(11(3)15)13-5-4-8-17-13/h4-5,8,10-12,14H,6-7,9,15H2,1-3H3. The molecule has 1 fully saturated rings. The van der Waals surface area contributed by atoms with Crippen molar-refractivity contribution in [3.05, 3.63) is 22.4 Å². The van der Waals surface area contributed by atoms with Crippen LogP contribution in [0, 0.1) is 5.92 Å². The molecule has 0 bridgehead atoms. The van der Waals surface area contributed by atoms with Gasteiger partial charge >= 0.3 is 0 Å². The van der Waals surface area contributed by atoms with Gasteiger partial charge in [-0.05, 0) is 51.0 Å². The van der Waals surface area contributed by atoms with Crippen LogP contribution in [0.3, 0.4) is 0 Å². The number of thiophene rings is 1. The maximum atomic E-state index is 6.23. The van der Waals surface area contributed by atoms with Crippen molar-refractivity contribution < 1.29 is 0 Å². The zero-order valence-electron chi connectivity index (χ0n) is 11.1. The van der Waals surface area contributed by atoms with Gasteiger partial charge in [0.15, 0.2) is 0 Å². The fraction of sp³-hybridized carbons (Fsp3) is 0.714. The molecule has 1 saturated carbocycles. The van der Waals surface area contributed by atoms with Crippen molar-refractivity contribution >= 4 is 11.3 Å². The summed E-state index contributed by atoms with van der Waals surface area (Å²) in [6, 6.07) is 5.49. The number of nitrogens with two attached hydrogens (primary N) is 1. The molecule has 1 aliphatic rings. The van der Waals surface area contributed by atoms with Crippen molar-refractivity contribution in [2.75, 3.05) is 6.54 Å². The molecule has 2 unspecified atom stereocenters. The summed E-state index contributed by atoms with van der Waals surface area (Å²) in [5.41, 5.74) is 6.23. The van der Waals surface area contributed by atoms with Crippen LogP contribution in [0.1, 0.15) is 44.5 Å². The Bertz CT molecular complexity index is 328. The highest BCUT2D eigenvalue weighted by Crippen LogP contribution is 2.35. The van der Waals surface area contributed by atoms with E-state index < -0.39 is 0 Å². The van der Waals surface area contributed by atoms with Gasteiger partial charge < -0.3 is 5.73 Å². The Kier molecular flexibility index (Phi) is 4.23. The van der Waals surface area contributed by atoms with E-state index in [0.29, 0.717) is 12.1 Å². The van der Waals surface area contributed by atoms with Gasteiger partial charge in [-0.25, -0.2) is 0 Å². The summed E-state index contributed by atoms with van der Waals surface area (Å²) in [5.74, 6) is 0.915.